The molecule has 2 bridgehead atoms. The molecule has 0 aliphatic heterocycles. The first kappa shape index (κ1) is 13.2. The van der Waals surface area contributed by atoms with Crippen LogP contribution >= 0.6 is 11.6 Å². The molecule has 104 valence electrons. The van der Waals surface area contributed by atoms with E-state index in [-0.39, 0.29) is 5.82 Å². The van der Waals surface area contributed by atoms with Crippen molar-refractivity contribution in [1.82, 2.24) is 0 Å². The van der Waals surface area contributed by atoms with Crippen LogP contribution in [0.1, 0.15) is 31.2 Å². The second kappa shape index (κ2) is 5.32. The van der Waals surface area contributed by atoms with Gasteiger partial charge in [-0.05, 0) is 54.7 Å². The number of nitrogens with zero attached hydrogens (tertiary/aromatic N) is 1. The van der Waals surface area contributed by atoms with Gasteiger partial charge in [0.25, 0.3) is 0 Å². The third-order valence-electron chi connectivity index (χ3n) is 4.97. The topological polar surface area (TPSA) is 3.24 Å². The highest BCUT2D eigenvalue weighted by atomic mass is 35.5. The lowest BCUT2D eigenvalue weighted by Crippen LogP contribution is -2.29. The summed E-state index contributed by atoms with van der Waals surface area (Å²) >= 11 is 5.73. The van der Waals surface area contributed by atoms with Gasteiger partial charge < -0.3 is 4.90 Å². The van der Waals surface area contributed by atoms with Crippen LogP contribution in [0.4, 0.5) is 10.1 Å². The Morgan fingerprint density at radius 1 is 1.32 bits per heavy atom. The van der Waals surface area contributed by atoms with E-state index in [0.717, 1.165) is 29.9 Å². The Morgan fingerprint density at radius 3 is 2.74 bits per heavy atom. The lowest BCUT2D eigenvalue weighted by atomic mass is 9.88. The summed E-state index contributed by atoms with van der Waals surface area (Å²) in [7, 11) is 2.00. The third-order valence-corrected chi connectivity index (χ3v) is 5.28. The predicted octanol–water partition coefficient (Wildman–Crippen LogP) is 4.44. The molecule has 0 saturated heterocycles. The molecule has 3 rings (SSSR count). The largest absolute Gasteiger partial charge is 0.372 e. The first-order valence-electron chi connectivity index (χ1n) is 7.23. The van der Waals surface area contributed by atoms with Gasteiger partial charge in [-0.1, -0.05) is 12.5 Å². The van der Waals surface area contributed by atoms with Gasteiger partial charge in [0, 0.05) is 19.5 Å². The van der Waals surface area contributed by atoms with Crippen LogP contribution in [-0.2, 0) is 5.88 Å². The Hall–Kier alpha value is -0.760. The fourth-order valence-corrected chi connectivity index (χ4v) is 4.16. The molecule has 2 fully saturated rings. The van der Waals surface area contributed by atoms with Crippen molar-refractivity contribution in [1.29, 1.82) is 0 Å². The van der Waals surface area contributed by atoms with Crippen molar-refractivity contribution in [3.8, 4) is 0 Å². The Morgan fingerprint density at radius 2 is 2.16 bits per heavy atom. The van der Waals surface area contributed by atoms with E-state index < -0.39 is 0 Å². The molecule has 1 aromatic rings. The number of halogens is 2. The summed E-state index contributed by atoms with van der Waals surface area (Å²) in [4.78, 5) is 2.08. The summed E-state index contributed by atoms with van der Waals surface area (Å²) in [5.74, 6) is 2.82. The van der Waals surface area contributed by atoms with Gasteiger partial charge in [-0.2, -0.15) is 0 Å². The quantitative estimate of drug-likeness (QED) is 0.738. The molecule has 1 nitrogen and oxygen atoms in total. The summed E-state index contributed by atoms with van der Waals surface area (Å²) in [5.41, 5.74) is 1.55. The number of fused-ring (bicyclic) bond motifs is 2. The minimum atomic E-state index is -0.149. The summed E-state index contributed by atoms with van der Waals surface area (Å²) in [5, 5.41) is 0. The number of benzene rings is 1. The van der Waals surface area contributed by atoms with Crippen molar-refractivity contribution in [3.63, 3.8) is 0 Å². The maximum atomic E-state index is 14.0. The van der Waals surface area contributed by atoms with Gasteiger partial charge in [0.2, 0.25) is 0 Å². The molecule has 0 N–H and O–H groups in total. The van der Waals surface area contributed by atoms with Gasteiger partial charge in [0.15, 0.2) is 0 Å². The van der Waals surface area contributed by atoms with Crippen LogP contribution in [0, 0.1) is 23.6 Å². The van der Waals surface area contributed by atoms with E-state index >= 15 is 0 Å². The van der Waals surface area contributed by atoms with Crippen LogP contribution in [0.5, 0.6) is 0 Å². The van der Waals surface area contributed by atoms with Crippen LogP contribution in [0.2, 0.25) is 0 Å². The molecule has 0 aromatic heterocycles. The van der Waals surface area contributed by atoms with Crippen LogP contribution in [-0.4, -0.2) is 13.6 Å². The van der Waals surface area contributed by atoms with Crippen molar-refractivity contribution in [2.24, 2.45) is 17.8 Å². The molecular weight excluding hydrogens is 261 g/mol. The molecule has 3 heteroatoms. The van der Waals surface area contributed by atoms with Crippen LogP contribution in [0.25, 0.3) is 0 Å². The van der Waals surface area contributed by atoms with E-state index in [0.29, 0.717) is 11.6 Å². The maximum absolute atomic E-state index is 14.0. The maximum Gasteiger partial charge on any atom is 0.146 e. The van der Waals surface area contributed by atoms with E-state index in [2.05, 4.69) is 4.90 Å². The molecule has 0 spiro atoms. The number of alkyl halides is 1. The number of rotatable bonds is 4. The summed E-state index contributed by atoms with van der Waals surface area (Å²) < 4.78 is 14.0. The van der Waals surface area contributed by atoms with E-state index in [4.69, 9.17) is 11.6 Å². The average Bonchev–Trinajstić information content (AvgIpc) is 3.00. The first-order chi connectivity index (χ1) is 9.17. The lowest BCUT2D eigenvalue weighted by molar-refractivity contribution is 0.337. The highest BCUT2D eigenvalue weighted by Crippen LogP contribution is 2.48. The smallest absolute Gasteiger partial charge is 0.146 e. The first-order valence-corrected chi connectivity index (χ1v) is 7.76. The molecule has 3 unspecified atom stereocenters. The van der Waals surface area contributed by atoms with Crippen molar-refractivity contribution in [2.75, 3.05) is 18.5 Å². The Bertz CT molecular complexity index is 462. The molecule has 1 aromatic carbocycles. The molecular formula is C16H21ClFN. The normalized spacial score (nSPS) is 28.9. The Kier molecular flexibility index (Phi) is 3.70. The highest BCUT2D eigenvalue weighted by molar-refractivity contribution is 6.17. The monoisotopic (exact) mass is 281 g/mol. The molecule has 0 amide bonds. The van der Waals surface area contributed by atoms with E-state index in [1.807, 2.05) is 19.2 Å². The number of hydrogen-bond donors (Lipinski definition) is 0. The zero-order chi connectivity index (χ0) is 13.4. The van der Waals surface area contributed by atoms with E-state index in [1.165, 1.54) is 25.7 Å². The molecule has 3 atom stereocenters. The molecule has 2 aliphatic carbocycles. The van der Waals surface area contributed by atoms with Crippen LogP contribution < -0.4 is 4.90 Å². The van der Waals surface area contributed by atoms with Gasteiger partial charge in [0.05, 0.1) is 5.69 Å². The average molecular weight is 282 g/mol. The SMILES string of the molecule is CN(CC1CC2CCC1C2)c1ccc(CCl)cc1F. The zero-order valence-corrected chi connectivity index (χ0v) is 12.2. The summed E-state index contributed by atoms with van der Waals surface area (Å²) in [6.45, 7) is 0.984. The van der Waals surface area contributed by atoms with Gasteiger partial charge in [-0.3, -0.25) is 0 Å². The van der Waals surface area contributed by atoms with Gasteiger partial charge in [-0.15, -0.1) is 11.6 Å². The van der Waals surface area contributed by atoms with Gasteiger partial charge >= 0.3 is 0 Å². The van der Waals surface area contributed by atoms with E-state index in [9.17, 15) is 4.39 Å². The lowest BCUT2D eigenvalue weighted by Gasteiger charge is -2.28. The van der Waals surface area contributed by atoms with Crippen molar-refractivity contribution < 1.29 is 4.39 Å². The van der Waals surface area contributed by atoms with E-state index in [1.54, 1.807) is 6.07 Å². The van der Waals surface area contributed by atoms with Gasteiger partial charge in [-0.25, -0.2) is 4.39 Å². The Labute approximate surface area is 119 Å². The number of hydrogen-bond acceptors (Lipinski definition) is 1. The van der Waals surface area contributed by atoms with Crippen LogP contribution in [0.15, 0.2) is 18.2 Å². The molecule has 0 radical (unpaired) electrons. The predicted molar refractivity (Wildman–Crippen MR) is 78.2 cm³/mol. The molecule has 2 aliphatic rings. The molecule has 19 heavy (non-hydrogen) atoms. The molecule has 2 saturated carbocycles. The van der Waals surface area contributed by atoms with Crippen molar-refractivity contribution in [2.45, 2.75) is 31.6 Å². The van der Waals surface area contributed by atoms with Crippen molar-refractivity contribution in [3.05, 3.63) is 29.6 Å². The number of anilines is 1. The third kappa shape index (κ3) is 2.60. The second-order valence-corrected chi connectivity index (χ2v) is 6.50. The minimum absolute atomic E-state index is 0.149. The zero-order valence-electron chi connectivity index (χ0n) is 11.4. The fourth-order valence-electron chi connectivity index (χ4n) is 3.99. The standard InChI is InChI=1S/C16H21ClFN/c1-19(10-14-7-11-2-4-13(14)6-11)16-5-3-12(9-17)8-15(16)18/h3,5,8,11,13-14H,2,4,6-7,9-10H2,1H3. The molecule has 0 heterocycles. The summed E-state index contributed by atoms with van der Waals surface area (Å²) in [6, 6.07) is 5.34. The fraction of sp³-hybridized carbons (Fsp3) is 0.625. The minimum Gasteiger partial charge on any atom is -0.372 e. The van der Waals surface area contributed by atoms with Crippen molar-refractivity contribution >= 4 is 17.3 Å². The summed E-state index contributed by atoms with van der Waals surface area (Å²) in [6.07, 6.45) is 5.56. The Balaban J connectivity index is 1.68. The second-order valence-electron chi connectivity index (χ2n) is 6.23. The van der Waals surface area contributed by atoms with Crippen LogP contribution in [0.3, 0.4) is 0 Å². The van der Waals surface area contributed by atoms with Gasteiger partial charge in [0.1, 0.15) is 5.82 Å². The highest BCUT2D eigenvalue weighted by Gasteiger charge is 2.39.